The number of halogens is 2. The summed E-state index contributed by atoms with van der Waals surface area (Å²) in [5.41, 5.74) is 2.40. The van der Waals surface area contributed by atoms with Gasteiger partial charge in [-0.05, 0) is 48.0 Å². The second-order valence-corrected chi connectivity index (χ2v) is 6.30. The third-order valence-corrected chi connectivity index (χ3v) is 3.97. The van der Waals surface area contributed by atoms with Gasteiger partial charge in [0.2, 0.25) is 0 Å². The molecule has 1 atom stereocenters. The Hall–Kier alpha value is -0.840. The maximum absolute atomic E-state index is 5.32. The van der Waals surface area contributed by atoms with Gasteiger partial charge in [0.25, 0.3) is 0 Å². The summed E-state index contributed by atoms with van der Waals surface area (Å²) in [5, 5.41) is 3.52. The van der Waals surface area contributed by atoms with Gasteiger partial charge in [0.15, 0.2) is 0 Å². The first-order valence-corrected chi connectivity index (χ1v) is 8.06. The van der Waals surface area contributed by atoms with Crippen LogP contribution in [-0.2, 0) is 0 Å². The minimum Gasteiger partial charge on any atom is -0.497 e. The molecule has 2 aromatic carbocycles. The van der Waals surface area contributed by atoms with Crippen LogP contribution in [0, 0.1) is 0 Å². The number of methoxy groups -OCH3 is 1. The van der Waals surface area contributed by atoms with Crippen LogP contribution in [0.25, 0.3) is 0 Å². The van der Waals surface area contributed by atoms with Crippen molar-refractivity contribution in [1.82, 2.24) is 5.32 Å². The molecule has 2 nitrogen and oxygen atoms in total. The van der Waals surface area contributed by atoms with Crippen molar-refractivity contribution in [2.24, 2.45) is 0 Å². The van der Waals surface area contributed by atoms with Crippen LogP contribution in [0.15, 0.2) is 51.4 Å². The monoisotopic (exact) mass is 397 g/mol. The van der Waals surface area contributed by atoms with Crippen molar-refractivity contribution in [3.8, 4) is 5.75 Å². The van der Waals surface area contributed by atoms with Crippen LogP contribution < -0.4 is 10.1 Å². The highest BCUT2D eigenvalue weighted by Gasteiger charge is 2.14. The van der Waals surface area contributed by atoms with Crippen molar-refractivity contribution in [3.05, 3.63) is 62.5 Å². The molecule has 0 aromatic heterocycles. The summed E-state index contributed by atoms with van der Waals surface area (Å²) in [6, 6.07) is 14.6. The molecule has 0 saturated heterocycles. The van der Waals surface area contributed by atoms with Crippen molar-refractivity contribution in [3.63, 3.8) is 0 Å². The van der Waals surface area contributed by atoms with Crippen molar-refractivity contribution < 1.29 is 4.74 Å². The van der Waals surface area contributed by atoms with Gasteiger partial charge in [-0.3, -0.25) is 0 Å². The van der Waals surface area contributed by atoms with E-state index >= 15 is 0 Å². The molecule has 1 N–H and O–H groups in total. The van der Waals surface area contributed by atoms with E-state index < -0.39 is 0 Å². The number of hydrogen-bond donors (Lipinski definition) is 1. The van der Waals surface area contributed by atoms with Crippen LogP contribution in [0.5, 0.6) is 5.75 Å². The molecule has 106 valence electrons. The molecule has 0 aliphatic carbocycles. The summed E-state index contributed by atoms with van der Waals surface area (Å²) in [5.74, 6) is 0.875. The van der Waals surface area contributed by atoms with Gasteiger partial charge in [-0.2, -0.15) is 0 Å². The highest BCUT2D eigenvalue weighted by Crippen LogP contribution is 2.29. The van der Waals surface area contributed by atoms with E-state index in [1.165, 1.54) is 11.1 Å². The summed E-state index contributed by atoms with van der Waals surface area (Å²) in [6.45, 7) is 3.01. The normalized spacial score (nSPS) is 12.2. The highest BCUT2D eigenvalue weighted by molar-refractivity contribution is 9.11. The van der Waals surface area contributed by atoms with Crippen molar-refractivity contribution in [1.29, 1.82) is 0 Å². The molecule has 0 bridgehead atoms. The average Bonchev–Trinajstić information content (AvgIpc) is 2.43. The molecule has 1 unspecified atom stereocenters. The lowest BCUT2D eigenvalue weighted by molar-refractivity contribution is 0.413. The summed E-state index contributed by atoms with van der Waals surface area (Å²) in [7, 11) is 1.69. The van der Waals surface area contributed by atoms with E-state index in [1.807, 2.05) is 18.2 Å². The van der Waals surface area contributed by atoms with E-state index in [2.05, 4.69) is 68.4 Å². The highest BCUT2D eigenvalue weighted by atomic mass is 79.9. The molecule has 0 radical (unpaired) electrons. The van der Waals surface area contributed by atoms with Gasteiger partial charge < -0.3 is 10.1 Å². The van der Waals surface area contributed by atoms with E-state index in [4.69, 9.17) is 4.74 Å². The largest absolute Gasteiger partial charge is 0.497 e. The molecule has 0 heterocycles. The fourth-order valence-electron chi connectivity index (χ4n) is 2.20. The number of rotatable bonds is 5. The zero-order chi connectivity index (χ0) is 14.5. The van der Waals surface area contributed by atoms with Crippen molar-refractivity contribution >= 4 is 31.9 Å². The number of nitrogens with one attached hydrogen (secondary N) is 1. The summed E-state index contributed by atoms with van der Waals surface area (Å²) in [6.07, 6.45) is 0. The molecular weight excluding hydrogens is 382 g/mol. The van der Waals surface area contributed by atoms with Crippen molar-refractivity contribution in [2.75, 3.05) is 13.7 Å². The fraction of sp³-hybridized carbons (Fsp3) is 0.250. The Morgan fingerprint density at radius 2 is 1.75 bits per heavy atom. The Balaban J connectivity index is 2.43. The summed E-state index contributed by atoms with van der Waals surface area (Å²) < 4.78 is 7.45. The molecule has 0 fully saturated rings. The molecule has 4 heteroatoms. The molecule has 20 heavy (non-hydrogen) atoms. The molecular formula is C16H17Br2NO. The Labute approximate surface area is 136 Å². The minimum atomic E-state index is 0.142. The van der Waals surface area contributed by atoms with Gasteiger partial charge in [0, 0.05) is 8.95 Å². The first-order chi connectivity index (χ1) is 9.63. The molecule has 0 amide bonds. The van der Waals surface area contributed by atoms with Crippen LogP contribution in [0.1, 0.15) is 24.1 Å². The van der Waals surface area contributed by atoms with Gasteiger partial charge in [-0.15, -0.1) is 0 Å². The Kier molecular flexibility index (Phi) is 5.64. The van der Waals surface area contributed by atoms with E-state index in [9.17, 15) is 0 Å². The molecule has 0 aliphatic heterocycles. The maximum atomic E-state index is 5.32. The molecule has 0 saturated carbocycles. The standard InChI is InChI=1S/C16H17Br2NO/c1-3-19-16(11-5-4-6-15(9-11)20-2)12-7-13(17)10-14(18)8-12/h4-10,16,19H,3H2,1-2H3. The van der Waals surface area contributed by atoms with Crippen molar-refractivity contribution in [2.45, 2.75) is 13.0 Å². The Morgan fingerprint density at radius 3 is 2.35 bits per heavy atom. The minimum absolute atomic E-state index is 0.142. The molecule has 2 aromatic rings. The lowest BCUT2D eigenvalue weighted by Crippen LogP contribution is -2.22. The Bertz CT molecular complexity index is 566. The molecule has 0 aliphatic rings. The third kappa shape index (κ3) is 3.84. The smallest absolute Gasteiger partial charge is 0.119 e. The lowest BCUT2D eigenvalue weighted by atomic mass is 9.98. The zero-order valence-electron chi connectivity index (χ0n) is 11.5. The predicted octanol–water partition coefficient (Wildman–Crippen LogP) is 4.92. The molecule has 0 spiro atoms. The Morgan fingerprint density at radius 1 is 1.05 bits per heavy atom. The second-order valence-electron chi connectivity index (χ2n) is 4.47. The van der Waals surface area contributed by atoms with E-state index in [0.29, 0.717) is 0 Å². The van der Waals surface area contributed by atoms with Gasteiger partial charge >= 0.3 is 0 Å². The quantitative estimate of drug-likeness (QED) is 0.771. The predicted molar refractivity (Wildman–Crippen MR) is 90.4 cm³/mol. The first kappa shape index (κ1) is 15.5. The fourth-order valence-corrected chi connectivity index (χ4v) is 3.52. The SMILES string of the molecule is CCNC(c1cc(Br)cc(Br)c1)c1cccc(OC)c1. The average molecular weight is 399 g/mol. The van der Waals surface area contributed by atoms with Gasteiger partial charge in [-0.25, -0.2) is 0 Å². The first-order valence-electron chi connectivity index (χ1n) is 6.47. The van der Waals surface area contributed by atoms with Crippen LogP contribution in [-0.4, -0.2) is 13.7 Å². The van der Waals surface area contributed by atoms with Gasteiger partial charge in [0.1, 0.15) is 5.75 Å². The topological polar surface area (TPSA) is 21.3 Å². The summed E-state index contributed by atoms with van der Waals surface area (Å²) >= 11 is 7.10. The van der Waals surface area contributed by atoms with E-state index in [0.717, 1.165) is 21.2 Å². The van der Waals surface area contributed by atoms with Crippen LogP contribution in [0.4, 0.5) is 0 Å². The number of benzene rings is 2. The maximum Gasteiger partial charge on any atom is 0.119 e. The lowest BCUT2D eigenvalue weighted by Gasteiger charge is -2.20. The van der Waals surface area contributed by atoms with E-state index in [1.54, 1.807) is 7.11 Å². The number of hydrogen-bond acceptors (Lipinski definition) is 2. The van der Waals surface area contributed by atoms with Gasteiger partial charge in [0.05, 0.1) is 13.2 Å². The van der Waals surface area contributed by atoms with Crippen LogP contribution >= 0.6 is 31.9 Å². The van der Waals surface area contributed by atoms with Crippen LogP contribution in [0.3, 0.4) is 0 Å². The second kappa shape index (κ2) is 7.25. The zero-order valence-corrected chi connectivity index (χ0v) is 14.7. The third-order valence-electron chi connectivity index (χ3n) is 3.05. The van der Waals surface area contributed by atoms with Crippen LogP contribution in [0.2, 0.25) is 0 Å². The van der Waals surface area contributed by atoms with E-state index in [-0.39, 0.29) is 6.04 Å². The number of ether oxygens (including phenoxy) is 1. The summed E-state index contributed by atoms with van der Waals surface area (Å²) in [4.78, 5) is 0. The van der Waals surface area contributed by atoms with Gasteiger partial charge in [-0.1, -0.05) is 50.9 Å². The molecule has 2 rings (SSSR count).